The van der Waals surface area contributed by atoms with Gasteiger partial charge in [-0.15, -0.1) is 4.91 Å². The zero-order valence-corrected chi connectivity index (χ0v) is 9.70. The van der Waals surface area contributed by atoms with Crippen LogP contribution in [0.1, 0.15) is 17.3 Å². The van der Waals surface area contributed by atoms with Crippen molar-refractivity contribution in [2.24, 2.45) is 5.29 Å². The molecule has 0 spiro atoms. The first-order valence-electron chi connectivity index (χ1n) is 5.19. The second kappa shape index (κ2) is 6.33. The Morgan fingerprint density at radius 3 is 2.61 bits per heavy atom. The molecule has 0 aliphatic heterocycles. The van der Waals surface area contributed by atoms with E-state index >= 15 is 0 Å². The average molecular weight is 252 g/mol. The van der Waals surface area contributed by atoms with Crippen LogP contribution in [0.4, 0.5) is 5.69 Å². The largest absolute Gasteiger partial charge is 0.478 e. The molecule has 0 bridgehead atoms. The number of benzene rings is 1. The molecule has 96 valence electrons. The van der Waals surface area contributed by atoms with Gasteiger partial charge >= 0.3 is 11.9 Å². The smallest absolute Gasteiger partial charge is 0.337 e. The van der Waals surface area contributed by atoms with E-state index in [2.05, 4.69) is 10.0 Å². The van der Waals surface area contributed by atoms with Crippen molar-refractivity contribution in [2.75, 3.05) is 18.2 Å². The van der Waals surface area contributed by atoms with Crippen LogP contribution in [0.25, 0.3) is 0 Å². The number of esters is 1. The summed E-state index contributed by atoms with van der Waals surface area (Å²) in [6, 6.07) is 5.77. The SMILES string of the molecule is CCOC(=O)CN(N=O)c1ccccc1C(=O)O. The third-order valence-electron chi connectivity index (χ3n) is 2.10. The fraction of sp³-hybridized carbons (Fsp3) is 0.273. The fourth-order valence-electron chi connectivity index (χ4n) is 1.37. The predicted octanol–water partition coefficient (Wildman–Crippen LogP) is 1.44. The van der Waals surface area contributed by atoms with Crippen LogP contribution in [-0.4, -0.2) is 30.2 Å². The summed E-state index contributed by atoms with van der Waals surface area (Å²) in [7, 11) is 0. The summed E-state index contributed by atoms with van der Waals surface area (Å²) in [5.74, 6) is -1.86. The van der Waals surface area contributed by atoms with Gasteiger partial charge in [0, 0.05) is 0 Å². The minimum atomic E-state index is -1.21. The number of carbonyl (C=O) groups excluding carboxylic acids is 1. The summed E-state index contributed by atoms with van der Waals surface area (Å²) in [6.45, 7) is 1.37. The molecule has 0 unspecified atom stereocenters. The standard InChI is InChI=1S/C11H12N2O5/c1-2-18-10(14)7-13(12-17)9-6-4-3-5-8(9)11(15)16/h3-6H,2,7H2,1H3,(H,15,16). The van der Waals surface area contributed by atoms with Crippen LogP contribution in [0.2, 0.25) is 0 Å². The number of carboxylic acids is 1. The van der Waals surface area contributed by atoms with Crippen molar-refractivity contribution >= 4 is 17.6 Å². The van der Waals surface area contributed by atoms with Gasteiger partial charge in [0.25, 0.3) is 0 Å². The summed E-state index contributed by atoms with van der Waals surface area (Å²) in [6.07, 6.45) is 0. The van der Waals surface area contributed by atoms with Gasteiger partial charge < -0.3 is 9.84 Å². The molecular weight excluding hydrogens is 240 g/mol. The Kier molecular flexibility index (Phi) is 4.79. The van der Waals surface area contributed by atoms with Crippen molar-refractivity contribution in [3.63, 3.8) is 0 Å². The van der Waals surface area contributed by atoms with E-state index < -0.39 is 18.5 Å². The molecule has 0 amide bonds. The number of carbonyl (C=O) groups is 2. The Balaban J connectivity index is 2.98. The Hall–Kier alpha value is -2.44. The van der Waals surface area contributed by atoms with E-state index in [-0.39, 0.29) is 17.9 Å². The van der Waals surface area contributed by atoms with Crippen LogP contribution in [0.15, 0.2) is 29.6 Å². The summed E-state index contributed by atoms with van der Waals surface area (Å²) in [5.41, 5.74) is -0.0607. The molecule has 7 heteroatoms. The van der Waals surface area contributed by atoms with E-state index in [0.29, 0.717) is 0 Å². The molecule has 18 heavy (non-hydrogen) atoms. The minimum absolute atomic E-state index is 0.0491. The first-order chi connectivity index (χ1) is 8.60. The van der Waals surface area contributed by atoms with Crippen LogP contribution in [0, 0.1) is 4.91 Å². The maximum Gasteiger partial charge on any atom is 0.337 e. The Labute approximate surface area is 103 Å². The molecule has 0 aromatic heterocycles. The molecule has 0 saturated heterocycles. The molecule has 1 N–H and O–H groups in total. The number of rotatable bonds is 6. The number of aromatic carboxylic acids is 1. The van der Waals surface area contributed by atoms with Gasteiger partial charge in [0.2, 0.25) is 0 Å². The van der Waals surface area contributed by atoms with Crippen molar-refractivity contribution in [3.8, 4) is 0 Å². The number of anilines is 1. The normalized spacial score (nSPS) is 9.61. The second-order valence-electron chi connectivity index (χ2n) is 3.27. The van der Waals surface area contributed by atoms with Gasteiger partial charge in [-0.1, -0.05) is 12.1 Å². The van der Waals surface area contributed by atoms with Gasteiger partial charge in [-0.05, 0) is 19.1 Å². The van der Waals surface area contributed by atoms with Crippen molar-refractivity contribution in [1.29, 1.82) is 0 Å². The maximum atomic E-state index is 11.3. The lowest BCUT2D eigenvalue weighted by atomic mass is 10.2. The number of nitroso groups, excluding NO2 is 1. The maximum absolute atomic E-state index is 11.3. The van der Waals surface area contributed by atoms with E-state index in [9.17, 15) is 14.5 Å². The van der Waals surface area contributed by atoms with Crippen LogP contribution in [-0.2, 0) is 9.53 Å². The molecule has 0 saturated carbocycles. The lowest BCUT2D eigenvalue weighted by Gasteiger charge is -2.16. The molecule has 0 aliphatic rings. The van der Waals surface area contributed by atoms with Crippen LogP contribution in [0.5, 0.6) is 0 Å². The average Bonchev–Trinajstić information content (AvgIpc) is 2.36. The van der Waals surface area contributed by atoms with Gasteiger partial charge in [0.05, 0.1) is 23.1 Å². The number of hydrogen-bond acceptors (Lipinski definition) is 5. The second-order valence-corrected chi connectivity index (χ2v) is 3.27. The molecule has 1 aromatic carbocycles. The zero-order chi connectivity index (χ0) is 13.5. The molecule has 1 aromatic rings. The molecule has 7 nitrogen and oxygen atoms in total. The number of hydrogen-bond donors (Lipinski definition) is 1. The molecule has 0 heterocycles. The number of nitrogens with zero attached hydrogens (tertiary/aromatic N) is 2. The third-order valence-corrected chi connectivity index (χ3v) is 2.10. The lowest BCUT2D eigenvalue weighted by Crippen LogP contribution is -2.27. The molecular formula is C11H12N2O5. The molecule has 0 radical (unpaired) electrons. The monoisotopic (exact) mass is 252 g/mol. The quantitative estimate of drug-likeness (QED) is 0.467. The van der Waals surface area contributed by atoms with Crippen LogP contribution in [0.3, 0.4) is 0 Å². The first-order valence-corrected chi connectivity index (χ1v) is 5.19. The van der Waals surface area contributed by atoms with E-state index in [1.54, 1.807) is 13.0 Å². The lowest BCUT2D eigenvalue weighted by molar-refractivity contribution is -0.141. The first kappa shape index (κ1) is 13.6. The Bertz CT molecular complexity index is 461. The van der Waals surface area contributed by atoms with Crippen molar-refractivity contribution in [1.82, 2.24) is 0 Å². The van der Waals surface area contributed by atoms with Gasteiger partial charge in [-0.25, -0.2) is 9.80 Å². The van der Waals surface area contributed by atoms with Crippen LogP contribution < -0.4 is 5.01 Å². The summed E-state index contributed by atoms with van der Waals surface area (Å²) in [4.78, 5) is 32.9. The summed E-state index contributed by atoms with van der Waals surface area (Å²) in [5, 5.41) is 12.4. The van der Waals surface area contributed by atoms with Gasteiger partial charge in [0.1, 0.15) is 6.54 Å². The highest BCUT2D eigenvalue weighted by atomic mass is 16.5. The van der Waals surface area contributed by atoms with E-state index in [1.165, 1.54) is 18.2 Å². The minimum Gasteiger partial charge on any atom is -0.478 e. The Morgan fingerprint density at radius 2 is 2.06 bits per heavy atom. The highest BCUT2D eigenvalue weighted by Gasteiger charge is 2.19. The predicted molar refractivity (Wildman–Crippen MR) is 63.2 cm³/mol. The number of carboxylic acid groups (broad SMARTS) is 1. The zero-order valence-electron chi connectivity index (χ0n) is 9.70. The Morgan fingerprint density at radius 1 is 1.39 bits per heavy atom. The van der Waals surface area contributed by atoms with E-state index in [1.807, 2.05) is 0 Å². The van der Waals surface area contributed by atoms with Crippen molar-refractivity contribution in [2.45, 2.75) is 6.92 Å². The van der Waals surface area contributed by atoms with Gasteiger partial charge in [0.15, 0.2) is 0 Å². The summed E-state index contributed by atoms with van der Waals surface area (Å²) >= 11 is 0. The molecule has 0 fully saturated rings. The van der Waals surface area contributed by atoms with Gasteiger partial charge in [-0.2, -0.15) is 0 Å². The van der Waals surface area contributed by atoms with E-state index in [0.717, 1.165) is 5.01 Å². The topological polar surface area (TPSA) is 96.3 Å². The molecule has 0 atom stereocenters. The highest BCUT2D eigenvalue weighted by Crippen LogP contribution is 2.20. The number of ether oxygens (including phenoxy) is 1. The van der Waals surface area contributed by atoms with E-state index in [4.69, 9.17) is 5.11 Å². The summed E-state index contributed by atoms with van der Waals surface area (Å²) < 4.78 is 4.67. The fourth-order valence-corrected chi connectivity index (χ4v) is 1.37. The number of para-hydroxylation sites is 1. The van der Waals surface area contributed by atoms with Crippen molar-refractivity contribution < 1.29 is 19.4 Å². The van der Waals surface area contributed by atoms with Crippen LogP contribution >= 0.6 is 0 Å². The van der Waals surface area contributed by atoms with Gasteiger partial charge in [-0.3, -0.25) is 4.79 Å². The van der Waals surface area contributed by atoms with Crippen molar-refractivity contribution in [3.05, 3.63) is 34.7 Å². The molecule has 1 rings (SSSR count). The molecule has 0 aliphatic carbocycles. The third kappa shape index (κ3) is 3.27. The highest BCUT2D eigenvalue weighted by molar-refractivity contribution is 5.95.